The van der Waals surface area contributed by atoms with Gasteiger partial charge in [-0.25, -0.2) is 4.39 Å². The molecule has 0 radical (unpaired) electrons. The Labute approximate surface area is 108 Å². The molecule has 1 aliphatic heterocycles. The fraction of sp³-hybridized carbons (Fsp3) is 0.571. The molecule has 0 amide bonds. The molecule has 1 aromatic carbocycles. The van der Waals surface area contributed by atoms with Gasteiger partial charge >= 0.3 is 0 Å². The van der Waals surface area contributed by atoms with E-state index in [0.29, 0.717) is 10.9 Å². The summed E-state index contributed by atoms with van der Waals surface area (Å²) in [7, 11) is 0. The number of halogens is 2. The Morgan fingerprint density at radius 1 is 1.35 bits per heavy atom. The summed E-state index contributed by atoms with van der Waals surface area (Å²) in [5, 5.41) is 0.469. The Morgan fingerprint density at radius 2 is 2.06 bits per heavy atom. The van der Waals surface area contributed by atoms with E-state index in [2.05, 4.69) is 25.7 Å². The highest BCUT2D eigenvalue weighted by Gasteiger charge is 2.31. The first-order chi connectivity index (χ1) is 7.88. The molecule has 0 aromatic heterocycles. The highest BCUT2D eigenvalue weighted by atomic mass is 35.5. The van der Waals surface area contributed by atoms with Crippen LogP contribution in [0, 0.1) is 5.82 Å². The lowest BCUT2D eigenvalue weighted by Crippen LogP contribution is -2.39. The minimum absolute atomic E-state index is 0.164. The molecule has 2 rings (SSSR count). The van der Waals surface area contributed by atoms with Gasteiger partial charge in [-0.3, -0.25) is 4.90 Å². The summed E-state index contributed by atoms with van der Waals surface area (Å²) in [5.74, 6) is 0.129. The summed E-state index contributed by atoms with van der Waals surface area (Å²) in [6.45, 7) is 8.58. The van der Waals surface area contributed by atoms with Gasteiger partial charge in [-0.05, 0) is 51.4 Å². The van der Waals surface area contributed by atoms with Crippen LogP contribution in [0.25, 0.3) is 0 Å². The second-order valence-electron chi connectivity index (χ2n) is 5.77. The van der Waals surface area contributed by atoms with Crippen molar-refractivity contribution in [3.8, 4) is 0 Å². The Kier molecular flexibility index (Phi) is 3.46. The number of benzene rings is 1. The monoisotopic (exact) mass is 255 g/mol. The highest BCUT2D eigenvalue weighted by molar-refractivity contribution is 6.30. The van der Waals surface area contributed by atoms with E-state index in [1.807, 2.05) is 6.07 Å². The summed E-state index contributed by atoms with van der Waals surface area (Å²) in [6.07, 6.45) is 1.02. The second kappa shape index (κ2) is 4.58. The van der Waals surface area contributed by atoms with E-state index in [4.69, 9.17) is 11.6 Å². The molecular weight excluding hydrogens is 237 g/mol. The van der Waals surface area contributed by atoms with Crippen molar-refractivity contribution < 1.29 is 4.39 Å². The van der Waals surface area contributed by atoms with Gasteiger partial charge in [0.1, 0.15) is 5.82 Å². The van der Waals surface area contributed by atoms with Gasteiger partial charge in [0.25, 0.3) is 0 Å². The van der Waals surface area contributed by atoms with Crippen LogP contribution in [0.1, 0.15) is 38.7 Å². The van der Waals surface area contributed by atoms with Crippen LogP contribution in [-0.2, 0) is 0 Å². The van der Waals surface area contributed by atoms with Crippen LogP contribution in [0.15, 0.2) is 18.2 Å². The number of rotatable bonds is 1. The maximum absolute atomic E-state index is 13.8. The fourth-order valence-electron chi connectivity index (χ4n) is 2.46. The molecule has 0 saturated carbocycles. The Hall–Kier alpha value is -0.600. The van der Waals surface area contributed by atoms with E-state index < -0.39 is 0 Å². The first kappa shape index (κ1) is 12.8. The topological polar surface area (TPSA) is 3.24 Å². The van der Waals surface area contributed by atoms with Gasteiger partial charge in [0, 0.05) is 23.0 Å². The van der Waals surface area contributed by atoms with Crippen LogP contribution in [0.2, 0.25) is 5.02 Å². The van der Waals surface area contributed by atoms with Gasteiger partial charge in [-0.2, -0.15) is 0 Å². The van der Waals surface area contributed by atoms with Gasteiger partial charge in [0.05, 0.1) is 0 Å². The summed E-state index contributed by atoms with van der Waals surface area (Å²) in [6, 6.07) is 5.02. The van der Waals surface area contributed by atoms with Gasteiger partial charge in [0.15, 0.2) is 0 Å². The Bertz CT molecular complexity index is 411. The van der Waals surface area contributed by atoms with Crippen LogP contribution in [-0.4, -0.2) is 23.5 Å². The summed E-state index contributed by atoms with van der Waals surface area (Å²) in [4.78, 5) is 2.41. The zero-order valence-corrected chi connectivity index (χ0v) is 11.4. The predicted octanol–water partition coefficient (Wildman–Crippen LogP) is 4.07. The van der Waals surface area contributed by atoms with Crippen molar-refractivity contribution in [3.05, 3.63) is 34.6 Å². The lowest BCUT2D eigenvalue weighted by Gasteiger charge is -2.31. The molecule has 0 bridgehead atoms. The quantitative estimate of drug-likeness (QED) is 0.731. The molecule has 1 atom stereocenters. The van der Waals surface area contributed by atoms with Gasteiger partial charge < -0.3 is 0 Å². The molecule has 1 aliphatic rings. The summed E-state index contributed by atoms with van der Waals surface area (Å²) >= 11 is 5.77. The third-order valence-corrected chi connectivity index (χ3v) is 3.77. The van der Waals surface area contributed by atoms with Crippen molar-refractivity contribution >= 4 is 11.6 Å². The molecule has 1 fully saturated rings. The van der Waals surface area contributed by atoms with Crippen LogP contribution in [0.3, 0.4) is 0 Å². The number of hydrogen-bond donors (Lipinski definition) is 0. The lowest BCUT2D eigenvalue weighted by atomic mass is 9.97. The molecular formula is C14H19ClFN. The fourth-order valence-corrected chi connectivity index (χ4v) is 2.61. The molecule has 0 aliphatic carbocycles. The molecule has 1 heterocycles. The average molecular weight is 256 g/mol. The SMILES string of the molecule is CC(C)(C)N1CCC(c2ccc(Cl)cc2F)C1. The van der Waals surface area contributed by atoms with Crippen molar-refractivity contribution in [1.29, 1.82) is 0 Å². The standard InChI is InChI=1S/C14H19ClFN/c1-14(2,3)17-7-6-10(9-17)12-5-4-11(15)8-13(12)16/h4-5,8,10H,6-7,9H2,1-3H3. The largest absolute Gasteiger partial charge is 0.298 e. The van der Waals surface area contributed by atoms with Crippen molar-refractivity contribution in [3.63, 3.8) is 0 Å². The molecule has 94 valence electrons. The van der Waals surface area contributed by atoms with Crippen LogP contribution in [0.4, 0.5) is 4.39 Å². The Morgan fingerprint density at radius 3 is 2.59 bits per heavy atom. The van der Waals surface area contributed by atoms with Crippen molar-refractivity contribution in [1.82, 2.24) is 4.90 Å². The van der Waals surface area contributed by atoms with E-state index in [1.54, 1.807) is 6.07 Å². The zero-order valence-electron chi connectivity index (χ0n) is 10.6. The van der Waals surface area contributed by atoms with E-state index in [-0.39, 0.29) is 11.4 Å². The first-order valence-corrected chi connectivity index (χ1v) is 6.46. The van der Waals surface area contributed by atoms with E-state index >= 15 is 0 Å². The minimum Gasteiger partial charge on any atom is -0.298 e. The average Bonchev–Trinajstić information content (AvgIpc) is 2.65. The third kappa shape index (κ3) is 2.80. The van der Waals surface area contributed by atoms with Crippen LogP contribution >= 0.6 is 11.6 Å². The number of nitrogens with zero attached hydrogens (tertiary/aromatic N) is 1. The van der Waals surface area contributed by atoms with E-state index in [1.165, 1.54) is 6.07 Å². The Balaban J connectivity index is 2.15. The van der Waals surface area contributed by atoms with Crippen molar-refractivity contribution in [2.75, 3.05) is 13.1 Å². The summed E-state index contributed by atoms with van der Waals surface area (Å²) < 4.78 is 13.8. The van der Waals surface area contributed by atoms with Gasteiger partial charge in [-0.1, -0.05) is 17.7 Å². The maximum Gasteiger partial charge on any atom is 0.128 e. The van der Waals surface area contributed by atoms with E-state index in [0.717, 1.165) is 25.1 Å². The molecule has 0 N–H and O–H groups in total. The molecule has 3 heteroatoms. The molecule has 1 unspecified atom stereocenters. The van der Waals surface area contributed by atoms with Gasteiger partial charge in [-0.15, -0.1) is 0 Å². The van der Waals surface area contributed by atoms with Crippen LogP contribution in [0.5, 0.6) is 0 Å². The van der Waals surface area contributed by atoms with E-state index in [9.17, 15) is 4.39 Å². The zero-order chi connectivity index (χ0) is 12.6. The number of likely N-dealkylation sites (tertiary alicyclic amines) is 1. The van der Waals surface area contributed by atoms with Crippen molar-refractivity contribution in [2.24, 2.45) is 0 Å². The molecule has 1 aromatic rings. The third-order valence-electron chi connectivity index (χ3n) is 3.54. The maximum atomic E-state index is 13.8. The molecule has 1 nitrogen and oxygen atoms in total. The molecule has 17 heavy (non-hydrogen) atoms. The minimum atomic E-state index is -0.168. The summed E-state index contributed by atoms with van der Waals surface area (Å²) in [5.41, 5.74) is 0.971. The predicted molar refractivity (Wildman–Crippen MR) is 70.1 cm³/mol. The molecule has 0 spiro atoms. The normalized spacial score (nSPS) is 22.1. The number of hydrogen-bond acceptors (Lipinski definition) is 1. The lowest BCUT2D eigenvalue weighted by molar-refractivity contribution is 0.172. The van der Waals surface area contributed by atoms with Crippen molar-refractivity contribution in [2.45, 2.75) is 38.6 Å². The first-order valence-electron chi connectivity index (χ1n) is 6.08. The van der Waals surface area contributed by atoms with Crippen LogP contribution < -0.4 is 0 Å². The van der Waals surface area contributed by atoms with Gasteiger partial charge in [0.2, 0.25) is 0 Å². The molecule has 1 saturated heterocycles. The second-order valence-corrected chi connectivity index (χ2v) is 6.20. The highest BCUT2D eigenvalue weighted by Crippen LogP contribution is 2.33. The smallest absolute Gasteiger partial charge is 0.128 e.